The minimum absolute atomic E-state index is 0.156. The molecule has 1 amide bonds. The summed E-state index contributed by atoms with van der Waals surface area (Å²) in [5.41, 5.74) is 0.218. The number of nitrogens with one attached hydrogen (secondary N) is 1. The van der Waals surface area contributed by atoms with Gasteiger partial charge < -0.3 is 5.32 Å². The number of rotatable bonds is 4. The van der Waals surface area contributed by atoms with E-state index in [9.17, 15) is 22.4 Å². The van der Waals surface area contributed by atoms with Crippen LogP contribution in [0.2, 0.25) is 0 Å². The van der Waals surface area contributed by atoms with E-state index in [1.54, 1.807) is 12.1 Å². The SMILES string of the molecule is O=C(NCCc1ccc(F)cc1)c1ccc(F)c(F)c1F. The molecule has 21 heavy (non-hydrogen) atoms. The third-order valence-corrected chi connectivity index (χ3v) is 2.89. The molecule has 2 aromatic carbocycles. The van der Waals surface area contributed by atoms with Gasteiger partial charge in [-0.15, -0.1) is 0 Å². The van der Waals surface area contributed by atoms with Gasteiger partial charge in [0.1, 0.15) is 5.82 Å². The Hall–Kier alpha value is -2.37. The molecule has 2 aromatic rings. The molecule has 0 aromatic heterocycles. The molecule has 0 radical (unpaired) electrons. The first-order valence-corrected chi connectivity index (χ1v) is 6.15. The summed E-state index contributed by atoms with van der Waals surface area (Å²) in [5, 5.41) is 2.39. The van der Waals surface area contributed by atoms with Crippen LogP contribution in [-0.4, -0.2) is 12.5 Å². The van der Waals surface area contributed by atoms with E-state index in [1.165, 1.54) is 12.1 Å². The van der Waals surface area contributed by atoms with Crippen molar-refractivity contribution in [3.63, 3.8) is 0 Å². The monoisotopic (exact) mass is 297 g/mol. The second kappa shape index (κ2) is 6.39. The molecule has 0 heterocycles. The quantitative estimate of drug-likeness (QED) is 0.681. The van der Waals surface area contributed by atoms with Crippen LogP contribution in [0.4, 0.5) is 17.6 Å². The van der Waals surface area contributed by atoms with Gasteiger partial charge >= 0.3 is 0 Å². The summed E-state index contributed by atoms with van der Waals surface area (Å²) in [7, 11) is 0. The topological polar surface area (TPSA) is 29.1 Å². The van der Waals surface area contributed by atoms with Crippen LogP contribution in [0.15, 0.2) is 36.4 Å². The fraction of sp³-hybridized carbons (Fsp3) is 0.133. The lowest BCUT2D eigenvalue weighted by atomic mass is 10.1. The van der Waals surface area contributed by atoms with Crippen molar-refractivity contribution in [3.05, 3.63) is 70.8 Å². The van der Waals surface area contributed by atoms with Crippen LogP contribution < -0.4 is 5.32 Å². The van der Waals surface area contributed by atoms with Gasteiger partial charge in [-0.05, 0) is 36.2 Å². The molecule has 2 rings (SSSR count). The maximum atomic E-state index is 13.4. The zero-order valence-electron chi connectivity index (χ0n) is 10.8. The van der Waals surface area contributed by atoms with Crippen LogP contribution in [0.3, 0.4) is 0 Å². The molecule has 0 unspecified atom stereocenters. The third-order valence-electron chi connectivity index (χ3n) is 2.89. The standard InChI is InChI=1S/C15H11F4NO/c16-10-3-1-9(2-4-10)7-8-20-15(21)11-5-6-12(17)14(19)13(11)18/h1-6H,7-8H2,(H,20,21). The summed E-state index contributed by atoms with van der Waals surface area (Å²) >= 11 is 0. The lowest BCUT2D eigenvalue weighted by molar-refractivity contribution is 0.0949. The number of benzene rings is 2. The molecule has 110 valence electrons. The second-order valence-electron chi connectivity index (χ2n) is 4.36. The van der Waals surface area contributed by atoms with Gasteiger partial charge in [0.15, 0.2) is 17.5 Å². The highest BCUT2D eigenvalue weighted by Crippen LogP contribution is 2.15. The van der Waals surface area contributed by atoms with Gasteiger partial charge in [0.2, 0.25) is 0 Å². The van der Waals surface area contributed by atoms with Gasteiger partial charge in [-0.1, -0.05) is 12.1 Å². The summed E-state index contributed by atoms with van der Waals surface area (Å²) in [5.74, 6) is -5.76. The first-order chi connectivity index (χ1) is 9.99. The van der Waals surface area contributed by atoms with Crippen molar-refractivity contribution >= 4 is 5.91 Å². The molecular weight excluding hydrogens is 286 g/mol. The molecule has 0 bridgehead atoms. The smallest absolute Gasteiger partial charge is 0.254 e. The van der Waals surface area contributed by atoms with Crippen molar-refractivity contribution in [1.82, 2.24) is 5.32 Å². The maximum absolute atomic E-state index is 13.4. The molecule has 0 aliphatic heterocycles. The lowest BCUT2D eigenvalue weighted by Crippen LogP contribution is -2.27. The summed E-state index contributed by atoms with van der Waals surface area (Å²) < 4.78 is 51.8. The van der Waals surface area contributed by atoms with E-state index in [2.05, 4.69) is 5.32 Å². The summed E-state index contributed by atoms with van der Waals surface area (Å²) in [6.07, 6.45) is 0.400. The largest absolute Gasteiger partial charge is 0.352 e. The normalized spacial score (nSPS) is 10.5. The van der Waals surface area contributed by atoms with Gasteiger partial charge in [-0.25, -0.2) is 17.6 Å². The Labute approximate surface area is 118 Å². The number of amides is 1. The molecule has 0 saturated carbocycles. The average Bonchev–Trinajstić information content (AvgIpc) is 2.47. The second-order valence-corrected chi connectivity index (χ2v) is 4.36. The zero-order chi connectivity index (χ0) is 15.4. The lowest BCUT2D eigenvalue weighted by Gasteiger charge is -2.07. The maximum Gasteiger partial charge on any atom is 0.254 e. The van der Waals surface area contributed by atoms with Crippen LogP contribution in [0, 0.1) is 23.3 Å². The van der Waals surface area contributed by atoms with Crippen molar-refractivity contribution in [2.24, 2.45) is 0 Å². The Morgan fingerprint density at radius 1 is 0.905 bits per heavy atom. The summed E-state index contributed by atoms with van der Waals surface area (Å²) in [4.78, 5) is 11.7. The number of hydrogen-bond acceptors (Lipinski definition) is 1. The predicted molar refractivity (Wildman–Crippen MR) is 68.8 cm³/mol. The fourth-order valence-electron chi connectivity index (χ4n) is 1.77. The highest BCUT2D eigenvalue weighted by Gasteiger charge is 2.18. The van der Waals surface area contributed by atoms with Gasteiger partial charge in [0.05, 0.1) is 5.56 Å². The molecule has 1 N–H and O–H groups in total. The molecular formula is C15H11F4NO. The van der Waals surface area contributed by atoms with E-state index in [-0.39, 0.29) is 12.4 Å². The zero-order valence-corrected chi connectivity index (χ0v) is 10.8. The first kappa shape index (κ1) is 15.0. The van der Waals surface area contributed by atoms with Crippen molar-refractivity contribution < 1.29 is 22.4 Å². The Bertz CT molecular complexity index is 655. The molecule has 0 atom stereocenters. The van der Waals surface area contributed by atoms with E-state index >= 15 is 0 Å². The molecule has 0 aliphatic carbocycles. The molecule has 0 saturated heterocycles. The minimum Gasteiger partial charge on any atom is -0.352 e. The summed E-state index contributed by atoms with van der Waals surface area (Å²) in [6, 6.07) is 7.24. The van der Waals surface area contributed by atoms with Gasteiger partial charge in [0.25, 0.3) is 5.91 Å². The molecule has 6 heteroatoms. The first-order valence-electron chi connectivity index (χ1n) is 6.15. The molecule has 0 aliphatic rings. The Morgan fingerprint density at radius 3 is 2.24 bits per heavy atom. The van der Waals surface area contributed by atoms with E-state index in [0.717, 1.165) is 11.6 Å². The van der Waals surface area contributed by atoms with E-state index in [4.69, 9.17) is 0 Å². The van der Waals surface area contributed by atoms with Crippen LogP contribution in [0.1, 0.15) is 15.9 Å². The molecule has 0 fully saturated rings. The van der Waals surface area contributed by atoms with Gasteiger partial charge in [-0.2, -0.15) is 0 Å². The van der Waals surface area contributed by atoms with Crippen LogP contribution in [0.25, 0.3) is 0 Å². The van der Waals surface area contributed by atoms with E-state index in [0.29, 0.717) is 12.5 Å². The van der Waals surface area contributed by atoms with Crippen molar-refractivity contribution in [3.8, 4) is 0 Å². The van der Waals surface area contributed by atoms with Crippen molar-refractivity contribution in [2.75, 3.05) is 6.54 Å². The number of carbonyl (C=O) groups excluding carboxylic acids is 1. The van der Waals surface area contributed by atoms with Gasteiger partial charge in [0, 0.05) is 6.54 Å². The number of halogens is 4. The Morgan fingerprint density at radius 2 is 1.57 bits per heavy atom. The number of carbonyl (C=O) groups is 1. The van der Waals surface area contributed by atoms with Crippen LogP contribution in [0.5, 0.6) is 0 Å². The number of hydrogen-bond donors (Lipinski definition) is 1. The molecule has 2 nitrogen and oxygen atoms in total. The summed E-state index contributed by atoms with van der Waals surface area (Å²) in [6.45, 7) is 0.156. The third kappa shape index (κ3) is 3.59. The average molecular weight is 297 g/mol. The fourth-order valence-corrected chi connectivity index (χ4v) is 1.77. The van der Waals surface area contributed by atoms with E-state index < -0.39 is 28.9 Å². The Balaban J connectivity index is 1.96. The van der Waals surface area contributed by atoms with Crippen LogP contribution >= 0.6 is 0 Å². The van der Waals surface area contributed by atoms with E-state index in [1.807, 2.05) is 0 Å². The predicted octanol–water partition coefficient (Wildman–Crippen LogP) is 3.22. The van der Waals surface area contributed by atoms with Gasteiger partial charge in [-0.3, -0.25) is 4.79 Å². The van der Waals surface area contributed by atoms with Crippen molar-refractivity contribution in [1.29, 1.82) is 0 Å². The Kier molecular flexibility index (Phi) is 4.57. The van der Waals surface area contributed by atoms with Crippen LogP contribution in [-0.2, 0) is 6.42 Å². The highest BCUT2D eigenvalue weighted by molar-refractivity contribution is 5.94. The minimum atomic E-state index is -1.68. The molecule has 0 spiro atoms. The van der Waals surface area contributed by atoms with Crippen molar-refractivity contribution in [2.45, 2.75) is 6.42 Å². The highest BCUT2D eigenvalue weighted by atomic mass is 19.2.